The van der Waals surface area contributed by atoms with E-state index in [4.69, 9.17) is 4.74 Å². The number of nitrogens with zero attached hydrogens (tertiary/aromatic N) is 1. The Morgan fingerprint density at radius 1 is 0.963 bits per heavy atom. The minimum Gasteiger partial charge on any atom is -0.497 e. The first-order valence-corrected chi connectivity index (χ1v) is 9.02. The summed E-state index contributed by atoms with van der Waals surface area (Å²) in [6.07, 6.45) is -0.236. The number of carbonyl (C=O) groups excluding carboxylic acids is 1. The molecular weight excluding hydrogens is 336 g/mol. The molecule has 1 aliphatic heterocycles. The van der Waals surface area contributed by atoms with Crippen LogP contribution >= 0.6 is 0 Å². The summed E-state index contributed by atoms with van der Waals surface area (Å²) in [7, 11) is 1.65. The van der Waals surface area contributed by atoms with Gasteiger partial charge in [-0.2, -0.15) is 0 Å². The van der Waals surface area contributed by atoms with Crippen molar-refractivity contribution in [2.45, 2.75) is 19.6 Å². The summed E-state index contributed by atoms with van der Waals surface area (Å²) in [5.41, 5.74) is 4.90. The minimum atomic E-state index is -0.236. The number of hydrogen-bond donors (Lipinski definition) is 1. The van der Waals surface area contributed by atoms with Gasteiger partial charge in [-0.15, -0.1) is 0 Å². The van der Waals surface area contributed by atoms with E-state index in [2.05, 4.69) is 36.5 Å². The lowest BCUT2D eigenvalue weighted by Crippen LogP contribution is -2.42. The van der Waals surface area contributed by atoms with Crippen molar-refractivity contribution in [2.24, 2.45) is 0 Å². The molecule has 1 aliphatic rings. The van der Waals surface area contributed by atoms with Crippen molar-refractivity contribution in [2.75, 3.05) is 12.4 Å². The SMILES string of the molecule is COc1ccc([C@H]2Nc3ccccc3C(=O)N2Cc2ccc(C)cc2)cc1. The molecule has 1 heterocycles. The summed E-state index contributed by atoms with van der Waals surface area (Å²) >= 11 is 0. The molecule has 4 nitrogen and oxygen atoms in total. The number of carbonyl (C=O) groups is 1. The number of ether oxygens (including phenoxy) is 1. The maximum absolute atomic E-state index is 13.3. The fraction of sp³-hybridized carbons (Fsp3) is 0.174. The van der Waals surface area contributed by atoms with Gasteiger partial charge in [0.2, 0.25) is 0 Å². The van der Waals surface area contributed by atoms with Crippen LogP contribution in [0.1, 0.15) is 33.2 Å². The number of benzene rings is 3. The van der Waals surface area contributed by atoms with Gasteiger partial charge in [0, 0.05) is 12.2 Å². The molecule has 136 valence electrons. The number of nitrogens with one attached hydrogen (secondary N) is 1. The summed E-state index contributed by atoms with van der Waals surface area (Å²) in [6, 6.07) is 23.8. The van der Waals surface area contributed by atoms with Crippen LogP contribution in [-0.2, 0) is 6.54 Å². The van der Waals surface area contributed by atoms with Gasteiger partial charge in [0.1, 0.15) is 11.9 Å². The zero-order valence-electron chi connectivity index (χ0n) is 15.5. The predicted octanol–water partition coefficient (Wildman–Crippen LogP) is 4.77. The normalized spacial score (nSPS) is 15.9. The summed E-state index contributed by atoms with van der Waals surface area (Å²) in [6.45, 7) is 2.60. The average Bonchev–Trinajstić information content (AvgIpc) is 2.71. The number of methoxy groups -OCH3 is 1. The van der Waals surface area contributed by atoms with Crippen LogP contribution in [0.25, 0.3) is 0 Å². The Kier molecular flexibility index (Phi) is 4.55. The van der Waals surface area contributed by atoms with Gasteiger partial charge in [-0.05, 0) is 42.3 Å². The highest BCUT2D eigenvalue weighted by Crippen LogP contribution is 2.34. The Bertz CT molecular complexity index is 949. The van der Waals surface area contributed by atoms with Crippen molar-refractivity contribution in [3.8, 4) is 5.75 Å². The molecule has 0 bridgehead atoms. The van der Waals surface area contributed by atoms with E-state index in [0.29, 0.717) is 12.1 Å². The van der Waals surface area contributed by atoms with Crippen LogP contribution in [0.5, 0.6) is 5.75 Å². The van der Waals surface area contributed by atoms with Crippen molar-refractivity contribution >= 4 is 11.6 Å². The molecule has 1 atom stereocenters. The fourth-order valence-corrected chi connectivity index (χ4v) is 3.40. The molecule has 4 heteroatoms. The lowest BCUT2D eigenvalue weighted by atomic mass is 10.0. The Morgan fingerprint density at radius 3 is 2.37 bits per heavy atom. The monoisotopic (exact) mass is 358 g/mol. The molecular formula is C23H22N2O2. The van der Waals surface area contributed by atoms with Crippen LogP contribution in [-0.4, -0.2) is 17.9 Å². The average molecular weight is 358 g/mol. The van der Waals surface area contributed by atoms with Gasteiger partial charge in [0.05, 0.1) is 12.7 Å². The number of aryl methyl sites for hydroxylation is 1. The van der Waals surface area contributed by atoms with Gasteiger partial charge in [0.15, 0.2) is 0 Å². The first-order valence-electron chi connectivity index (χ1n) is 9.02. The number of rotatable bonds is 4. The van der Waals surface area contributed by atoms with Gasteiger partial charge in [-0.3, -0.25) is 4.79 Å². The third kappa shape index (κ3) is 3.38. The lowest BCUT2D eigenvalue weighted by Gasteiger charge is -2.38. The number of anilines is 1. The molecule has 1 N–H and O–H groups in total. The second kappa shape index (κ2) is 7.16. The molecule has 0 saturated heterocycles. The Morgan fingerprint density at radius 2 is 1.67 bits per heavy atom. The molecule has 3 aromatic carbocycles. The Hall–Kier alpha value is -3.27. The van der Waals surface area contributed by atoms with E-state index in [1.54, 1.807) is 7.11 Å². The summed E-state index contributed by atoms with van der Waals surface area (Å²) in [4.78, 5) is 15.1. The van der Waals surface area contributed by atoms with Gasteiger partial charge < -0.3 is 15.0 Å². The van der Waals surface area contributed by atoms with E-state index in [1.165, 1.54) is 5.56 Å². The van der Waals surface area contributed by atoms with Gasteiger partial charge in [-0.25, -0.2) is 0 Å². The first-order chi connectivity index (χ1) is 13.2. The third-order valence-electron chi connectivity index (χ3n) is 4.93. The molecule has 4 rings (SSSR count). The third-order valence-corrected chi connectivity index (χ3v) is 4.93. The maximum atomic E-state index is 13.3. The highest BCUT2D eigenvalue weighted by atomic mass is 16.5. The van der Waals surface area contributed by atoms with Crippen LogP contribution in [0.15, 0.2) is 72.8 Å². The van der Waals surface area contributed by atoms with Crippen LogP contribution in [0.2, 0.25) is 0 Å². The maximum Gasteiger partial charge on any atom is 0.258 e. The largest absolute Gasteiger partial charge is 0.497 e. The highest BCUT2D eigenvalue weighted by Gasteiger charge is 2.32. The van der Waals surface area contributed by atoms with E-state index in [0.717, 1.165) is 22.6 Å². The van der Waals surface area contributed by atoms with Crippen LogP contribution < -0.4 is 10.1 Å². The fourth-order valence-electron chi connectivity index (χ4n) is 3.40. The quantitative estimate of drug-likeness (QED) is 0.730. The van der Waals surface area contributed by atoms with E-state index in [9.17, 15) is 4.79 Å². The minimum absolute atomic E-state index is 0.0331. The van der Waals surface area contributed by atoms with Gasteiger partial charge in [-0.1, -0.05) is 54.1 Å². The van der Waals surface area contributed by atoms with Crippen LogP contribution in [0.4, 0.5) is 5.69 Å². The summed E-state index contributed by atoms with van der Waals surface area (Å²) in [5, 5.41) is 3.53. The zero-order chi connectivity index (χ0) is 18.8. The highest BCUT2D eigenvalue weighted by molar-refractivity contribution is 6.01. The lowest BCUT2D eigenvalue weighted by molar-refractivity contribution is 0.0666. The molecule has 1 amide bonds. The van der Waals surface area contributed by atoms with E-state index >= 15 is 0 Å². The van der Waals surface area contributed by atoms with Crippen molar-refractivity contribution in [3.63, 3.8) is 0 Å². The zero-order valence-corrected chi connectivity index (χ0v) is 15.5. The topological polar surface area (TPSA) is 41.6 Å². The predicted molar refractivity (Wildman–Crippen MR) is 107 cm³/mol. The standard InChI is InChI=1S/C23H22N2O2/c1-16-7-9-17(10-8-16)15-25-22(18-11-13-19(27-2)14-12-18)24-21-6-4-3-5-20(21)23(25)26/h3-14,22,24H,15H2,1-2H3/t22-/m0/s1. The van der Waals surface area contributed by atoms with Gasteiger partial charge in [0.25, 0.3) is 5.91 Å². The van der Waals surface area contributed by atoms with Crippen LogP contribution in [0.3, 0.4) is 0 Å². The molecule has 0 unspecified atom stereocenters. The molecule has 0 fully saturated rings. The molecule has 0 spiro atoms. The van der Waals surface area contributed by atoms with Crippen molar-refractivity contribution in [3.05, 3.63) is 95.1 Å². The smallest absolute Gasteiger partial charge is 0.258 e. The van der Waals surface area contributed by atoms with Gasteiger partial charge >= 0.3 is 0 Å². The van der Waals surface area contributed by atoms with Crippen molar-refractivity contribution < 1.29 is 9.53 Å². The van der Waals surface area contributed by atoms with Crippen LogP contribution in [0, 0.1) is 6.92 Å². The molecule has 0 aromatic heterocycles. The second-order valence-corrected chi connectivity index (χ2v) is 6.78. The first kappa shape index (κ1) is 17.2. The molecule has 0 aliphatic carbocycles. The van der Waals surface area contributed by atoms with E-state index < -0.39 is 0 Å². The van der Waals surface area contributed by atoms with E-state index in [-0.39, 0.29) is 12.1 Å². The molecule has 3 aromatic rings. The Balaban J connectivity index is 1.72. The van der Waals surface area contributed by atoms with Crippen molar-refractivity contribution in [1.29, 1.82) is 0 Å². The van der Waals surface area contributed by atoms with Crippen molar-refractivity contribution in [1.82, 2.24) is 4.90 Å². The second-order valence-electron chi connectivity index (χ2n) is 6.78. The summed E-state index contributed by atoms with van der Waals surface area (Å²) < 4.78 is 5.27. The number of hydrogen-bond acceptors (Lipinski definition) is 3. The summed E-state index contributed by atoms with van der Waals surface area (Å²) in [5.74, 6) is 0.831. The number of para-hydroxylation sites is 1. The Labute approximate surface area is 159 Å². The molecule has 0 saturated carbocycles. The molecule has 0 radical (unpaired) electrons. The van der Waals surface area contributed by atoms with E-state index in [1.807, 2.05) is 53.4 Å². The molecule has 27 heavy (non-hydrogen) atoms. The number of fused-ring (bicyclic) bond motifs is 1. The number of amides is 1.